The lowest BCUT2D eigenvalue weighted by Crippen LogP contribution is -2.15. The molecule has 0 bridgehead atoms. The summed E-state index contributed by atoms with van der Waals surface area (Å²) < 4.78 is 0.846. The van der Waals surface area contributed by atoms with Crippen molar-refractivity contribution in [2.24, 2.45) is 5.92 Å². The topological polar surface area (TPSA) is 51.8 Å². The average Bonchev–Trinajstić information content (AvgIpc) is 2.25. The van der Waals surface area contributed by atoms with E-state index in [1.807, 2.05) is 11.8 Å². The van der Waals surface area contributed by atoms with Crippen LogP contribution in [0.3, 0.4) is 0 Å². The second-order valence-electron chi connectivity index (χ2n) is 4.39. The summed E-state index contributed by atoms with van der Waals surface area (Å²) in [6.07, 6.45) is 6.79. The van der Waals surface area contributed by atoms with Crippen molar-refractivity contribution < 1.29 is 0 Å². The summed E-state index contributed by atoms with van der Waals surface area (Å²) in [5.74, 6) is 1.37. The molecule has 16 heavy (non-hydrogen) atoms. The van der Waals surface area contributed by atoms with E-state index in [0.717, 1.165) is 15.4 Å². The Kier molecular flexibility index (Phi) is 4.08. The Morgan fingerprint density at radius 2 is 2.25 bits per heavy atom. The first kappa shape index (κ1) is 12.2. The molecule has 0 radical (unpaired) electrons. The van der Waals surface area contributed by atoms with E-state index in [9.17, 15) is 0 Å². The highest BCUT2D eigenvalue weighted by Crippen LogP contribution is 2.38. The maximum Gasteiger partial charge on any atom is 0.142 e. The van der Waals surface area contributed by atoms with Crippen LogP contribution in [0.5, 0.6) is 0 Å². The van der Waals surface area contributed by atoms with Gasteiger partial charge >= 0.3 is 0 Å². The molecule has 1 aliphatic carbocycles. The Bertz CT molecular complexity index is 372. The van der Waals surface area contributed by atoms with Crippen molar-refractivity contribution in [3.05, 3.63) is 10.8 Å². The highest BCUT2D eigenvalue weighted by molar-refractivity contribution is 9.10. The molecule has 2 atom stereocenters. The molecule has 0 aromatic carbocycles. The van der Waals surface area contributed by atoms with Crippen molar-refractivity contribution in [2.45, 2.75) is 42.9 Å². The fourth-order valence-corrected chi connectivity index (χ4v) is 3.92. The molecular formula is C11H16BrN3S. The van der Waals surface area contributed by atoms with Crippen molar-refractivity contribution in [1.29, 1.82) is 0 Å². The first-order valence-corrected chi connectivity index (χ1v) is 7.26. The molecule has 2 rings (SSSR count). The zero-order valence-corrected chi connectivity index (χ0v) is 11.7. The number of thioether (sulfide) groups is 1. The zero-order chi connectivity index (χ0) is 11.5. The van der Waals surface area contributed by atoms with Crippen LogP contribution in [0.2, 0.25) is 0 Å². The molecule has 3 nitrogen and oxygen atoms in total. The minimum atomic E-state index is 0.529. The van der Waals surface area contributed by atoms with Crippen molar-refractivity contribution in [3.8, 4) is 0 Å². The Balaban J connectivity index is 2.05. The summed E-state index contributed by atoms with van der Waals surface area (Å²) in [5, 5.41) is 1.65. The molecule has 0 aliphatic heterocycles. The second-order valence-corrected chi connectivity index (χ2v) is 6.47. The molecule has 1 aliphatic rings. The smallest absolute Gasteiger partial charge is 0.142 e. The number of hydrogen-bond acceptors (Lipinski definition) is 4. The zero-order valence-electron chi connectivity index (χ0n) is 9.32. The first-order chi connectivity index (χ1) is 7.66. The standard InChI is InChI=1S/C11H16BrN3S/c1-7-3-2-4-8(5-7)16-11-9(12)10(13)14-6-15-11/h6-8H,2-5H2,1H3,(H2,13,14,15). The molecule has 1 fully saturated rings. The van der Waals surface area contributed by atoms with E-state index in [4.69, 9.17) is 5.73 Å². The number of nitrogens with zero attached hydrogens (tertiary/aromatic N) is 2. The van der Waals surface area contributed by atoms with Crippen molar-refractivity contribution in [3.63, 3.8) is 0 Å². The predicted octanol–water partition coefficient (Wildman–Crippen LogP) is 3.49. The molecule has 0 amide bonds. The summed E-state index contributed by atoms with van der Waals surface area (Å²) in [4.78, 5) is 8.24. The van der Waals surface area contributed by atoms with Gasteiger partial charge in [0.15, 0.2) is 0 Å². The van der Waals surface area contributed by atoms with Gasteiger partial charge in [0.2, 0.25) is 0 Å². The number of nitrogen functional groups attached to an aromatic ring is 1. The number of anilines is 1. The highest BCUT2D eigenvalue weighted by Gasteiger charge is 2.21. The van der Waals surface area contributed by atoms with Gasteiger partial charge in [-0.1, -0.05) is 19.8 Å². The molecule has 1 aromatic rings. The highest BCUT2D eigenvalue weighted by atomic mass is 79.9. The Morgan fingerprint density at radius 1 is 1.44 bits per heavy atom. The molecular weight excluding hydrogens is 286 g/mol. The molecule has 88 valence electrons. The van der Waals surface area contributed by atoms with E-state index in [1.165, 1.54) is 32.0 Å². The average molecular weight is 302 g/mol. The van der Waals surface area contributed by atoms with Crippen molar-refractivity contribution in [1.82, 2.24) is 9.97 Å². The van der Waals surface area contributed by atoms with Gasteiger partial charge in [-0.25, -0.2) is 9.97 Å². The van der Waals surface area contributed by atoms with Crippen LogP contribution in [0, 0.1) is 5.92 Å². The van der Waals surface area contributed by atoms with Gasteiger partial charge in [-0.3, -0.25) is 0 Å². The molecule has 0 saturated heterocycles. The summed E-state index contributed by atoms with van der Waals surface area (Å²) in [6.45, 7) is 2.33. The third-order valence-electron chi connectivity index (χ3n) is 2.95. The van der Waals surface area contributed by atoms with Gasteiger partial charge in [0.25, 0.3) is 0 Å². The largest absolute Gasteiger partial charge is 0.383 e. The minimum absolute atomic E-state index is 0.529. The SMILES string of the molecule is CC1CCCC(Sc2ncnc(N)c2Br)C1. The minimum Gasteiger partial charge on any atom is -0.383 e. The van der Waals surface area contributed by atoms with Gasteiger partial charge in [0.1, 0.15) is 17.2 Å². The van der Waals surface area contributed by atoms with Gasteiger partial charge in [-0.15, -0.1) is 11.8 Å². The Hall–Kier alpha value is -0.290. The quantitative estimate of drug-likeness (QED) is 0.850. The lowest BCUT2D eigenvalue weighted by Gasteiger charge is -2.26. The van der Waals surface area contributed by atoms with E-state index in [0.29, 0.717) is 11.1 Å². The van der Waals surface area contributed by atoms with Crippen LogP contribution in [0.25, 0.3) is 0 Å². The maximum absolute atomic E-state index is 5.74. The summed E-state index contributed by atoms with van der Waals surface area (Å²) in [6, 6.07) is 0. The van der Waals surface area contributed by atoms with Crippen LogP contribution in [-0.4, -0.2) is 15.2 Å². The number of nitrogens with two attached hydrogens (primary N) is 1. The third-order valence-corrected chi connectivity index (χ3v) is 5.29. The van der Waals surface area contributed by atoms with Crippen LogP contribution in [-0.2, 0) is 0 Å². The van der Waals surface area contributed by atoms with Crippen LogP contribution < -0.4 is 5.73 Å². The van der Waals surface area contributed by atoms with Crippen molar-refractivity contribution in [2.75, 3.05) is 5.73 Å². The van der Waals surface area contributed by atoms with E-state index in [-0.39, 0.29) is 0 Å². The Labute approximate surface area is 109 Å². The van der Waals surface area contributed by atoms with E-state index >= 15 is 0 Å². The first-order valence-electron chi connectivity index (χ1n) is 5.59. The monoisotopic (exact) mass is 301 g/mol. The molecule has 1 saturated carbocycles. The molecule has 0 spiro atoms. The van der Waals surface area contributed by atoms with Crippen LogP contribution >= 0.6 is 27.7 Å². The maximum atomic E-state index is 5.74. The molecule has 1 heterocycles. The van der Waals surface area contributed by atoms with Gasteiger partial charge in [-0.05, 0) is 34.7 Å². The van der Waals surface area contributed by atoms with E-state index in [1.54, 1.807) is 0 Å². The second kappa shape index (κ2) is 5.36. The van der Waals surface area contributed by atoms with Gasteiger partial charge < -0.3 is 5.73 Å². The summed E-state index contributed by atoms with van der Waals surface area (Å²) in [5.41, 5.74) is 5.74. The number of aromatic nitrogens is 2. The third kappa shape index (κ3) is 2.88. The van der Waals surface area contributed by atoms with Gasteiger partial charge in [0, 0.05) is 5.25 Å². The van der Waals surface area contributed by atoms with Crippen LogP contribution in [0.15, 0.2) is 15.8 Å². The van der Waals surface area contributed by atoms with E-state index < -0.39 is 0 Å². The Morgan fingerprint density at radius 3 is 3.00 bits per heavy atom. The summed E-state index contributed by atoms with van der Waals surface area (Å²) in [7, 11) is 0. The number of rotatable bonds is 2. The fraction of sp³-hybridized carbons (Fsp3) is 0.636. The van der Waals surface area contributed by atoms with Gasteiger partial charge in [0.05, 0.1) is 4.47 Å². The van der Waals surface area contributed by atoms with Gasteiger partial charge in [-0.2, -0.15) is 0 Å². The van der Waals surface area contributed by atoms with Crippen molar-refractivity contribution >= 4 is 33.5 Å². The van der Waals surface area contributed by atoms with Crippen LogP contribution in [0.1, 0.15) is 32.6 Å². The fourth-order valence-electron chi connectivity index (χ4n) is 2.09. The molecule has 2 unspecified atom stereocenters. The van der Waals surface area contributed by atoms with Crippen LogP contribution in [0.4, 0.5) is 5.82 Å². The van der Waals surface area contributed by atoms with E-state index in [2.05, 4.69) is 32.8 Å². The lowest BCUT2D eigenvalue weighted by atomic mass is 9.91. The lowest BCUT2D eigenvalue weighted by molar-refractivity contribution is 0.394. The number of hydrogen-bond donors (Lipinski definition) is 1. The predicted molar refractivity (Wildman–Crippen MR) is 71.4 cm³/mol. The molecule has 5 heteroatoms. The normalized spacial score (nSPS) is 25.6. The number of halogens is 1. The molecule has 2 N–H and O–H groups in total. The summed E-state index contributed by atoms with van der Waals surface area (Å²) >= 11 is 5.28. The molecule has 1 aromatic heterocycles.